The Bertz CT molecular complexity index is 367. The van der Waals surface area contributed by atoms with E-state index in [-0.39, 0.29) is 5.91 Å². The van der Waals surface area contributed by atoms with E-state index in [4.69, 9.17) is 0 Å². The van der Waals surface area contributed by atoms with Gasteiger partial charge >= 0.3 is 0 Å². The van der Waals surface area contributed by atoms with E-state index in [1.54, 1.807) is 4.90 Å². The highest BCUT2D eigenvalue weighted by molar-refractivity contribution is 5.94. The van der Waals surface area contributed by atoms with Gasteiger partial charge in [-0.05, 0) is 5.92 Å². The van der Waals surface area contributed by atoms with Gasteiger partial charge in [-0.15, -0.1) is 0 Å². The van der Waals surface area contributed by atoms with Gasteiger partial charge in [-0.1, -0.05) is 13.8 Å². The van der Waals surface area contributed by atoms with Crippen molar-refractivity contribution in [1.82, 2.24) is 14.7 Å². The lowest BCUT2D eigenvalue weighted by atomic mass is 10.0. The molecule has 76 valence electrons. The van der Waals surface area contributed by atoms with Gasteiger partial charge in [0.25, 0.3) is 5.91 Å². The third-order valence-corrected chi connectivity index (χ3v) is 2.69. The molecule has 4 heteroatoms. The quantitative estimate of drug-likeness (QED) is 0.669. The Hall–Kier alpha value is -1.32. The van der Waals surface area contributed by atoms with Crippen molar-refractivity contribution in [2.45, 2.75) is 26.3 Å². The molecule has 14 heavy (non-hydrogen) atoms. The largest absolute Gasteiger partial charge is 0.339 e. The Labute approximate surface area is 83.5 Å². The van der Waals surface area contributed by atoms with Crippen LogP contribution in [0.15, 0.2) is 6.20 Å². The van der Waals surface area contributed by atoms with Crippen LogP contribution in [0.1, 0.15) is 35.8 Å². The molecule has 0 aromatic carbocycles. The van der Waals surface area contributed by atoms with E-state index in [0.29, 0.717) is 5.92 Å². The molecule has 0 radical (unpaired) electrons. The van der Waals surface area contributed by atoms with Crippen LogP contribution in [0.3, 0.4) is 0 Å². The molecule has 4 nitrogen and oxygen atoms in total. The number of nitrogens with zero attached hydrogens (tertiary/aromatic N) is 3. The summed E-state index contributed by atoms with van der Waals surface area (Å²) in [7, 11) is 1.84. The molecule has 1 aliphatic rings. The maximum atomic E-state index is 11.9. The second-order valence-corrected chi connectivity index (χ2v) is 4.05. The van der Waals surface area contributed by atoms with Crippen LogP contribution in [0.2, 0.25) is 0 Å². The fraction of sp³-hybridized carbons (Fsp3) is 0.600. The van der Waals surface area contributed by atoms with Crippen molar-refractivity contribution in [2.24, 2.45) is 0 Å². The molecule has 1 aromatic rings. The first-order valence-electron chi connectivity index (χ1n) is 4.92. The first-order valence-corrected chi connectivity index (χ1v) is 4.92. The first kappa shape index (κ1) is 9.24. The number of hydrogen-bond donors (Lipinski definition) is 0. The third-order valence-electron chi connectivity index (χ3n) is 2.69. The van der Waals surface area contributed by atoms with Crippen LogP contribution < -0.4 is 0 Å². The summed E-state index contributed by atoms with van der Waals surface area (Å²) >= 11 is 0. The van der Waals surface area contributed by atoms with E-state index >= 15 is 0 Å². The Morgan fingerprint density at radius 1 is 1.43 bits per heavy atom. The normalized spacial score (nSPS) is 16.3. The van der Waals surface area contributed by atoms with Crippen molar-refractivity contribution in [3.8, 4) is 0 Å². The predicted octanol–water partition coefficient (Wildman–Crippen LogP) is 1.09. The molecule has 0 spiro atoms. The zero-order valence-electron chi connectivity index (χ0n) is 8.82. The highest BCUT2D eigenvalue weighted by Gasteiger charge is 2.26. The van der Waals surface area contributed by atoms with Crippen LogP contribution in [0.5, 0.6) is 0 Å². The number of fused-ring (bicyclic) bond motifs is 1. The van der Waals surface area contributed by atoms with Crippen LogP contribution in [-0.4, -0.2) is 34.2 Å². The average molecular weight is 193 g/mol. The molecular weight excluding hydrogens is 178 g/mol. The average Bonchev–Trinajstić information content (AvgIpc) is 2.55. The summed E-state index contributed by atoms with van der Waals surface area (Å²) < 4.78 is 1.82. The van der Waals surface area contributed by atoms with Crippen molar-refractivity contribution in [3.63, 3.8) is 0 Å². The van der Waals surface area contributed by atoms with E-state index in [9.17, 15) is 4.79 Å². The van der Waals surface area contributed by atoms with Crippen molar-refractivity contribution in [3.05, 3.63) is 17.5 Å². The molecule has 0 atom stereocenters. The van der Waals surface area contributed by atoms with Gasteiger partial charge < -0.3 is 4.90 Å². The highest BCUT2D eigenvalue weighted by atomic mass is 16.2. The summed E-state index contributed by atoms with van der Waals surface area (Å²) in [6.45, 7) is 5.73. The molecule has 1 aromatic heterocycles. The minimum Gasteiger partial charge on any atom is -0.339 e. The first-order chi connectivity index (χ1) is 6.61. The van der Waals surface area contributed by atoms with Crippen LogP contribution in [0.4, 0.5) is 0 Å². The van der Waals surface area contributed by atoms with E-state index in [2.05, 4.69) is 18.9 Å². The van der Waals surface area contributed by atoms with Gasteiger partial charge in [-0.25, -0.2) is 0 Å². The molecule has 0 saturated carbocycles. The lowest BCUT2D eigenvalue weighted by Gasteiger charge is -2.24. The Balaban J connectivity index is 2.50. The molecule has 1 aliphatic heterocycles. The topological polar surface area (TPSA) is 38.1 Å². The lowest BCUT2D eigenvalue weighted by molar-refractivity contribution is 0.0741. The summed E-state index contributed by atoms with van der Waals surface area (Å²) in [6.07, 6.45) is 1.82. The smallest absolute Gasteiger partial charge is 0.272 e. The zero-order valence-corrected chi connectivity index (χ0v) is 8.82. The minimum atomic E-state index is 0.0949. The van der Waals surface area contributed by atoms with E-state index in [1.807, 2.05) is 17.9 Å². The summed E-state index contributed by atoms with van der Waals surface area (Å²) in [5.74, 6) is 0.451. The number of carbonyl (C=O) groups excluding carboxylic acids is 1. The lowest BCUT2D eigenvalue weighted by Crippen LogP contribution is -2.38. The summed E-state index contributed by atoms with van der Waals surface area (Å²) in [5, 5.41) is 4.23. The van der Waals surface area contributed by atoms with Gasteiger partial charge in [0.05, 0.1) is 12.7 Å². The van der Waals surface area contributed by atoms with Gasteiger partial charge in [-0.3, -0.25) is 9.48 Å². The fourth-order valence-corrected chi connectivity index (χ4v) is 1.75. The van der Waals surface area contributed by atoms with Crippen LogP contribution in [0, 0.1) is 0 Å². The Morgan fingerprint density at radius 2 is 2.14 bits per heavy atom. The standard InChI is InChI=1S/C10H15N3O/c1-7(2)8-6-11-13-5-4-12(3)10(14)9(8)13/h6-7H,4-5H2,1-3H3. The zero-order chi connectivity index (χ0) is 10.3. The molecule has 1 amide bonds. The van der Waals surface area contributed by atoms with Crippen LogP contribution >= 0.6 is 0 Å². The molecule has 0 fully saturated rings. The van der Waals surface area contributed by atoms with Gasteiger partial charge in [0.2, 0.25) is 0 Å². The fourth-order valence-electron chi connectivity index (χ4n) is 1.75. The van der Waals surface area contributed by atoms with E-state index in [0.717, 1.165) is 24.3 Å². The van der Waals surface area contributed by atoms with Gasteiger partial charge in [0.15, 0.2) is 0 Å². The molecule has 2 heterocycles. The number of hydrogen-bond acceptors (Lipinski definition) is 2. The van der Waals surface area contributed by atoms with Crippen LogP contribution in [-0.2, 0) is 6.54 Å². The van der Waals surface area contributed by atoms with Crippen molar-refractivity contribution >= 4 is 5.91 Å². The van der Waals surface area contributed by atoms with Gasteiger partial charge in [-0.2, -0.15) is 5.10 Å². The van der Waals surface area contributed by atoms with Gasteiger partial charge in [0.1, 0.15) is 5.69 Å². The number of rotatable bonds is 1. The predicted molar refractivity (Wildman–Crippen MR) is 53.3 cm³/mol. The van der Waals surface area contributed by atoms with E-state index < -0.39 is 0 Å². The molecule has 0 bridgehead atoms. The second kappa shape index (κ2) is 3.12. The monoisotopic (exact) mass is 193 g/mol. The summed E-state index contributed by atoms with van der Waals surface area (Å²) in [4.78, 5) is 13.6. The van der Waals surface area contributed by atoms with Crippen molar-refractivity contribution in [1.29, 1.82) is 0 Å². The van der Waals surface area contributed by atoms with Gasteiger partial charge in [0, 0.05) is 19.2 Å². The number of amides is 1. The minimum absolute atomic E-state index is 0.0949. The summed E-state index contributed by atoms with van der Waals surface area (Å²) in [6, 6.07) is 0. The second-order valence-electron chi connectivity index (χ2n) is 4.05. The molecular formula is C10H15N3O. The summed E-state index contributed by atoms with van der Waals surface area (Å²) in [5.41, 5.74) is 1.83. The van der Waals surface area contributed by atoms with Crippen molar-refractivity contribution < 1.29 is 4.79 Å². The maximum Gasteiger partial charge on any atom is 0.272 e. The Morgan fingerprint density at radius 3 is 2.79 bits per heavy atom. The van der Waals surface area contributed by atoms with Crippen molar-refractivity contribution in [2.75, 3.05) is 13.6 Å². The number of carbonyl (C=O) groups is 1. The molecule has 0 aliphatic carbocycles. The number of likely N-dealkylation sites (N-methyl/N-ethyl adjacent to an activating group) is 1. The molecule has 0 saturated heterocycles. The van der Waals surface area contributed by atoms with E-state index in [1.165, 1.54) is 0 Å². The number of aromatic nitrogens is 2. The highest BCUT2D eigenvalue weighted by Crippen LogP contribution is 2.22. The Kier molecular flexibility index (Phi) is 2.06. The maximum absolute atomic E-state index is 11.9. The molecule has 0 unspecified atom stereocenters. The van der Waals surface area contributed by atoms with Crippen LogP contribution in [0.25, 0.3) is 0 Å². The molecule has 0 N–H and O–H groups in total. The third kappa shape index (κ3) is 1.22. The SMILES string of the molecule is CC(C)c1cnn2c1C(=O)N(C)CC2. The molecule has 2 rings (SSSR count).